The number of hydrogen-bond acceptors (Lipinski definition) is 6. The molecule has 0 heterocycles. The lowest BCUT2D eigenvalue weighted by molar-refractivity contribution is -0.168. The molecule has 34 heavy (non-hydrogen) atoms. The van der Waals surface area contributed by atoms with Crippen LogP contribution >= 0.6 is 0 Å². The van der Waals surface area contributed by atoms with Crippen LogP contribution in [-0.4, -0.2) is 31.4 Å². The number of nitrogens with two attached hydrogens (primary N) is 2. The molecule has 4 N–H and O–H groups in total. The summed E-state index contributed by atoms with van der Waals surface area (Å²) in [5.41, 5.74) is 3.89. The predicted octanol–water partition coefficient (Wildman–Crippen LogP) is 6.38. The van der Waals surface area contributed by atoms with Gasteiger partial charge in [-0.2, -0.15) is 0 Å². The van der Waals surface area contributed by atoms with Crippen LogP contribution < -0.4 is 11.6 Å². The number of ether oxygens (including phenoxy) is 2. The van der Waals surface area contributed by atoms with E-state index in [-0.39, 0.29) is 19.3 Å². The molecule has 0 aromatic carbocycles. The van der Waals surface area contributed by atoms with Gasteiger partial charge in [0, 0.05) is 0 Å². The van der Waals surface area contributed by atoms with E-state index >= 15 is 0 Å². The lowest BCUT2D eigenvalue weighted by Crippen LogP contribution is -2.42. The minimum Gasteiger partial charge on any atom is -0.462 e. The molecule has 0 aliphatic carbocycles. The highest BCUT2D eigenvalue weighted by atomic mass is 16.6. The van der Waals surface area contributed by atoms with E-state index in [0.717, 1.165) is 37.5 Å². The molecule has 0 saturated heterocycles. The van der Waals surface area contributed by atoms with Crippen LogP contribution in [-0.2, 0) is 19.1 Å². The second kappa shape index (κ2) is 18.0. The minimum absolute atomic E-state index is 0.122. The van der Waals surface area contributed by atoms with Crippen LogP contribution in [0.25, 0.3) is 0 Å². The van der Waals surface area contributed by atoms with Crippen LogP contribution in [0, 0.1) is 29.1 Å². The van der Waals surface area contributed by atoms with Crippen LogP contribution in [0.5, 0.6) is 0 Å². The van der Waals surface area contributed by atoms with E-state index in [1.54, 1.807) is 6.92 Å². The molecular weight excluding hydrogens is 432 g/mol. The lowest BCUT2D eigenvalue weighted by Gasteiger charge is -2.29. The van der Waals surface area contributed by atoms with Gasteiger partial charge >= 0.3 is 12.1 Å². The van der Waals surface area contributed by atoms with Crippen molar-refractivity contribution in [1.29, 1.82) is 0 Å². The number of rotatable bonds is 20. The Labute approximate surface area is 209 Å². The van der Waals surface area contributed by atoms with Gasteiger partial charge in [-0.25, -0.2) is 10.7 Å². The smallest absolute Gasteiger partial charge is 0.404 e. The van der Waals surface area contributed by atoms with Crippen molar-refractivity contribution in [2.45, 2.75) is 119 Å². The Bertz CT molecular complexity index is 531. The molecule has 7 nitrogen and oxygen atoms in total. The lowest BCUT2D eigenvalue weighted by atomic mass is 9.90. The maximum Gasteiger partial charge on any atom is 0.404 e. The van der Waals surface area contributed by atoms with E-state index in [1.807, 2.05) is 0 Å². The summed E-state index contributed by atoms with van der Waals surface area (Å²) in [6, 6.07) is 0. The molecule has 1 amide bonds. The van der Waals surface area contributed by atoms with Gasteiger partial charge in [0.25, 0.3) is 0 Å². The first kappa shape index (κ1) is 32.7. The van der Waals surface area contributed by atoms with Crippen LogP contribution in [0.3, 0.4) is 0 Å². The third-order valence-electron chi connectivity index (χ3n) is 6.62. The van der Waals surface area contributed by atoms with E-state index < -0.39 is 17.5 Å². The van der Waals surface area contributed by atoms with Crippen molar-refractivity contribution >= 4 is 12.1 Å². The van der Waals surface area contributed by atoms with Gasteiger partial charge < -0.3 is 20.0 Å². The Kier molecular flexibility index (Phi) is 17.3. The van der Waals surface area contributed by atoms with E-state index in [4.69, 9.17) is 25.9 Å². The maximum atomic E-state index is 13.1. The van der Waals surface area contributed by atoms with E-state index in [9.17, 15) is 9.59 Å². The number of carbonyl (C=O) groups is 2. The summed E-state index contributed by atoms with van der Waals surface area (Å²) in [7, 11) is 0. The van der Waals surface area contributed by atoms with Gasteiger partial charge in [-0.3, -0.25) is 4.79 Å². The molecule has 3 unspecified atom stereocenters. The van der Waals surface area contributed by atoms with Crippen LogP contribution in [0.1, 0.15) is 113 Å². The van der Waals surface area contributed by atoms with Gasteiger partial charge in [-0.15, -0.1) is 0 Å². The zero-order chi connectivity index (χ0) is 26.1. The summed E-state index contributed by atoms with van der Waals surface area (Å²) in [6.07, 6.45) is 9.87. The average molecular weight is 487 g/mol. The largest absolute Gasteiger partial charge is 0.462 e. The van der Waals surface area contributed by atoms with Crippen molar-refractivity contribution in [3.63, 3.8) is 0 Å². The van der Waals surface area contributed by atoms with Gasteiger partial charge in [0.1, 0.15) is 18.1 Å². The summed E-state index contributed by atoms with van der Waals surface area (Å²) in [5.74, 6) is 7.39. The fraction of sp³-hybridized carbons (Fsp3) is 0.926. The molecule has 0 aliphatic heterocycles. The number of esters is 1. The summed E-state index contributed by atoms with van der Waals surface area (Å²) in [5, 5.41) is 0. The van der Waals surface area contributed by atoms with Crippen molar-refractivity contribution in [3.8, 4) is 0 Å². The summed E-state index contributed by atoms with van der Waals surface area (Å²) in [6.45, 7) is 14.8. The Morgan fingerprint density at radius 1 is 0.735 bits per heavy atom. The molecule has 0 aromatic heterocycles. The van der Waals surface area contributed by atoms with Crippen LogP contribution in [0.15, 0.2) is 0 Å². The van der Waals surface area contributed by atoms with Gasteiger partial charge in [0.05, 0.1) is 6.61 Å². The number of primary amides is 1. The van der Waals surface area contributed by atoms with Crippen molar-refractivity contribution in [3.05, 3.63) is 0 Å². The molecule has 0 aliphatic rings. The maximum absolute atomic E-state index is 13.1. The summed E-state index contributed by atoms with van der Waals surface area (Å²) < 4.78 is 10.9. The Morgan fingerprint density at radius 3 is 1.59 bits per heavy atom. The zero-order valence-electron chi connectivity index (χ0n) is 23.1. The zero-order valence-corrected chi connectivity index (χ0v) is 23.1. The van der Waals surface area contributed by atoms with Crippen LogP contribution in [0.2, 0.25) is 0 Å². The normalized spacial score (nSPS) is 16.2. The molecule has 0 spiro atoms. The summed E-state index contributed by atoms with van der Waals surface area (Å²) >= 11 is 0. The summed E-state index contributed by atoms with van der Waals surface area (Å²) in [4.78, 5) is 28.9. The molecule has 0 radical (unpaired) electrons. The highest BCUT2D eigenvalue weighted by Crippen LogP contribution is 2.27. The number of hydrogen-bond donors (Lipinski definition) is 2. The second-order valence-corrected chi connectivity index (χ2v) is 11.5. The topological polar surface area (TPSA) is 114 Å². The number of amides is 1. The monoisotopic (exact) mass is 486 g/mol. The van der Waals surface area contributed by atoms with Crippen molar-refractivity contribution in [2.75, 3.05) is 13.2 Å². The molecule has 0 bridgehead atoms. The highest BCUT2D eigenvalue weighted by molar-refractivity contribution is 5.77. The van der Waals surface area contributed by atoms with Gasteiger partial charge in [-0.05, 0) is 56.3 Å². The standard InChI is InChI=1S/C27H54N2O5/c1-20(2)10-8-12-22(5)14-16-24(17-15-23(6)13-9-11-21(3)4)34-25(30)27(7,19-33-29)18-32-26(28)31/h20-24H,8-19,29H2,1-7H3,(H2,28,31). The third-order valence-corrected chi connectivity index (χ3v) is 6.62. The van der Waals surface area contributed by atoms with E-state index in [2.05, 4.69) is 41.5 Å². The second-order valence-electron chi connectivity index (χ2n) is 11.5. The molecule has 0 saturated carbocycles. The van der Waals surface area contributed by atoms with Crippen molar-refractivity contribution < 1.29 is 23.9 Å². The molecule has 202 valence electrons. The molecule has 0 rings (SSSR count). The quantitative estimate of drug-likeness (QED) is 0.152. The Hall–Kier alpha value is -1.34. The molecule has 0 fully saturated rings. The molecule has 0 aromatic rings. The van der Waals surface area contributed by atoms with E-state index in [0.29, 0.717) is 11.8 Å². The SMILES string of the molecule is CC(C)CCCC(C)CCC(CCC(C)CCCC(C)C)OC(=O)C(C)(CON)COC(N)=O. The van der Waals surface area contributed by atoms with Gasteiger partial charge in [-0.1, -0.05) is 80.1 Å². The van der Waals surface area contributed by atoms with Crippen LogP contribution in [0.4, 0.5) is 4.79 Å². The Balaban J connectivity index is 5.03. The first-order valence-corrected chi connectivity index (χ1v) is 13.3. The van der Waals surface area contributed by atoms with Gasteiger partial charge in [0.2, 0.25) is 0 Å². The average Bonchev–Trinajstić information content (AvgIpc) is 2.73. The molecule has 7 heteroatoms. The minimum atomic E-state index is -1.20. The fourth-order valence-electron chi connectivity index (χ4n) is 4.11. The number of carbonyl (C=O) groups excluding carboxylic acids is 2. The molecule has 3 atom stereocenters. The van der Waals surface area contributed by atoms with Gasteiger partial charge in [0.15, 0.2) is 0 Å². The third kappa shape index (κ3) is 16.3. The van der Waals surface area contributed by atoms with E-state index in [1.165, 1.54) is 38.5 Å². The predicted molar refractivity (Wildman–Crippen MR) is 138 cm³/mol. The first-order valence-electron chi connectivity index (χ1n) is 13.3. The Morgan fingerprint density at radius 2 is 1.21 bits per heavy atom. The van der Waals surface area contributed by atoms with Crippen molar-refractivity contribution in [2.24, 2.45) is 40.7 Å². The van der Waals surface area contributed by atoms with Crippen molar-refractivity contribution in [1.82, 2.24) is 0 Å². The fourth-order valence-corrected chi connectivity index (χ4v) is 4.11. The molecular formula is C27H54N2O5. The highest BCUT2D eigenvalue weighted by Gasteiger charge is 2.38. The first-order chi connectivity index (χ1) is 15.9.